The van der Waals surface area contributed by atoms with Crippen molar-refractivity contribution in [2.75, 3.05) is 20.1 Å². The first kappa shape index (κ1) is 24.2. The first-order chi connectivity index (χ1) is 16.3. The summed E-state index contributed by atoms with van der Waals surface area (Å²) in [4.78, 5) is 14.8. The average Bonchev–Trinajstić information content (AvgIpc) is 3.29. The molecule has 2 atom stereocenters. The van der Waals surface area contributed by atoms with E-state index in [2.05, 4.69) is 73.7 Å². The van der Waals surface area contributed by atoms with Gasteiger partial charge in [0.2, 0.25) is 5.91 Å². The monoisotopic (exact) mass is 459 g/mol. The molecule has 1 N–H and O–H groups in total. The standard InChI is InChI=1S/C29H37N3O2/c1-29(2,3)25-12-10-22(11-13-25)27-18-26(31-34-27)16-24-19-30-15-14-23(24)17-28(33)32(4)20-21-8-6-5-7-9-21/h5-13,18,23-24,30H,14-17,19-20H2,1-4H3/t23-,24-/m0/s1. The summed E-state index contributed by atoms with van der Waals surface area (Å²) in [6, 6.07) is 20.8. The van der Waals surface area contributed by atoms with Crippen LogP contribution in [0.5, 0.6) is 0 Å². The van der Waals surface area contributed by atoms with Gasteiger partial charge >= 0.3 is 0 Å². The lowest BCUT2D eigenvalue weighted by molar-refractivity contribution is -0.132. The fourth-order valence-corrected chi connectivity index (χ4v) is 4.76. The SMILES string of the molecule is CN(Cc1ccccc1)C(=O)C[C@@H]1CCNC[C@@H]1Cc1cc(-c2ccc(C(C)(C)C)cc2)on1. The topological polar surface area (TPSA) is 58.4 Å². The fourth-order valence-electron chi connectivity index (χ4n) is 4.76. The molecule has 1 aromatic heterocycles. The van der Waals surface area contributed by atoms with Crippen molar-refractivity contribution in [2.45, 2.75) is 52.0 Å². The van der Waals surface area contributed by atoms with Crippen LogP contribution < -0.4 is 5.32 Å². The summed E-state index contributed by atoms with van der Waals surface area (Å²) in [5.74, 6) is 1.72. The highest BCUT2D eigenvalue weighted by atomic mass is 16.5. The van der Waals surface area contributed by atoms with Crippen molar-refractivity contribution in [1.82, 2.24) is 15.4 Å². The van der Waals surface area contributed by atoms with Crippen LogP contribution in [-0.4, -0.2) is 36.1 Å². The largest absolute Gasteiger partial charge is 0.356 e. The van der Waals surface area contributed by atoms with Gasteiger partial charge in [0, 0.05) is 31.6 Å². The van der Waals surface area contributed by atoms with E-state index in [1.807, 2.05) is 30.1 Å². The maximum atomic E-state index is 13.0. The van der Waals surface area contributed by atoms with E-state index in [1.165, 1.54) is 5.56 Å². The minimum atomic E-state index is 0.126. The molecule has 0 saturated carbocycles. The summed E-state index contributed by atoms with van der Waals surface area (Å²) in [6.45, 7) is 9.16. The van der Waals surface area contributed by atoms with Crippen molar-refractivity contribution in [3.63, 3.8) is 0 Å². The normalized spacial score (nSPS) is 18.6. The summed E-state index contributed by atoms with van der Waals surface area (Å²) < 4.78 is 5.69. The molecule has 5 heteroatoms. The van der Waals surface area contributed by atoms with Crippen LogP contribution in [0.25, 0.3) is 11.3 Å². The van der Waals surface area contributed by atoms with Gasteiger partial charge in [-0.2, -0.15) is 0 Å². The molecule has 1 aliphatic rings. The number of rotatable bonds is 7. The molecule has 2 heterocycles. The van der Waals surface area contributed by atoms with E-state index in [9.17, 15) is 4.79 Å². The highest BCUT2D eigenvalue weighted by Crippen LogP contribution is 2.30. The van der Waals surface area contributed by atoms with Crippen LogP contribution >= 0.6 is 0 Å². The summed E-state index contributed by atoms with van der Waals surface area (Å²) in [5, 5.41) is 7.87. The first-order valence-corrected chi connectivity index (χ1v) is 12.3. The number of hydrogen-bond donors (Lipinski definition) is 1. The fraction of sp³-hybridized carbons (Fsp3) is 0.448. The lowest BCUT2D eigenvalue weighted by atomic mass is 9.81. The third kappa shape index (κ3) is 6.15. The van der Waals surface area contributed by atoms with Crippen LogP contribution in [0.1, 0.15) is 50.4 Å². The Balaban J connectivity index is 1.38. The lowest BCUT2D eigenvalue weighted by Gasteiger charge is -2.32. The van der Waals surface area contributed by atoms with E-state index in [-0.39, 0.29) is 11.3 Å². The molecule has 0 radical (unpaired) electrons. The Morgan fingerprint density at radius 3 is 2.53 bits per heavy atom. The molecule has 0 unspecified atom stereocenters. The van der Waals surface area contributed by atoms with Gasteiger partial charge in [0.25, 0.3) is 0 Å². The number of amides is 1. The summed E-state index contributed by atoms with van der Waals surface area (Å²) >= 11 is 0. The number of piperidine rings is 1. The first-order valence-electron chi connectivity index (χ1n) is 12.3. The Bertz CT molecular complexity index is 1070. The molecule has 4 rings (SSSR count). The zero-order valence-corrected chi connectivity index (χ0v) is 20.9. The van der Waals surface area contributed by atoms with E-state index < -0.39 is 0 Å². The maximum absolute atomic E-state index is 13.0. The van der Waals surface area contributed by atoms with Crippen molar-refractivity contribution < 1.29 is 9.32 Å². The van der Waals surface area contributed by atoms with Crippen LogP contribution in [0.15, 0.2) is 65.2 Å². The van der Waals surface area contributed by atoms with E-state index in [4.69, 9.17) is 4.52 Å². The Hall–Kier alpha value is -2.92. The summed E-state index contributed by atoms with van der Waals surface area (Å²) in [6.07, 6.45) is 2.40. The Labute approximate surface area is 203 Å². The summed E-state index contributed by atoms with van der Waals surface area (Å²) in [5.41, 5.74) is 4.59. The smallest absolute Gasteiger partial charge is 0.222 e. The molecule has 1 amide bonds. The minimum absolute atomic E-state index is 0.126. The second-order valence-electron chi connectivity index (χ2n) is 10.7. The highest BCUT2D eigenvalue weighted by molar-refractivity contribution is 5.76. The van der Waals surface area contributed by atoms with Gasteiger partial charge in [-0.1, -0.05) is 80.5 Å². The van der Waals surface area contributed by atoms with Crippen molar-refractivity contribution >= 4 is 5.91 Å². The van der Waals surface area contributed by atoms with Gasteiger partial charge in [0.05, 0.1) is 5.69 Å². The van der Waals surface area contributed by atoms with E-state index >= 15 is 0 Å². The zero-order valence-electron chi connectivity index (χ0n) is 20.9. The van der Waals surface area contributed by atoms with E-state index in [1.54, 1.807) is 0 Å². The van der Waals surface area contributed by atoms with Gasteiger partial charge in [0.15, 0.2) is 5.76 Å². The van der Waals surface area contributed by atoms with Gasteiger partial charge < -0.3 is 14.7 Å². The van der Waals surface area contributed by atoms with E-state index in [0.29, 0.717) is 24.8 Å². The molecule has 3 aromatic rings. The van der Waals surface area contributed by atoms with Gasteiger partial charge in [0.1, 0.15) is 0 Å². The number of hydrogen-bond acceptors (Lipinski definition) is 4. The number of carbonyl (C=O) groups excluding carboxylic acids is 1. The summed E-state index contributed by atoms with van der Waals surface area (Å²) in [7, 11) is 1.90. The number of carbonyl (C=O) groups is 1. The van der Waals surface area contributed by atoms with Crippen LogP contribution in [0.3, 0.4) is 0 Å². The lowest BCUT2D eigenvalue weighted by Crippen LogP contribution is -2.40. The van der Waals surface area contributed by atoms with Gasteiger partial charge in [-0.3, -0.25) is 4.79 Å². The molecule has 34 heavy (non-hydrogen) atoms. The van der Waals surface area contributed by atoms with Gasteiger partial charge in [-0.05, 0) is 54.3 Å². The molecule has 180 valence electrons. The molecule has 0 bridgehead atoms. The van der Waals surface area contributed by atoms with Crippen molar-refractivity contribution in [2.24, 2.45) is 11.8 Å². The third-order valence-electron chi connectivity index (χ3n) is 6.96. The maximum Gasteiger partial charge on any atom is 0.222 e. The van der Waals surface area contributed by atoms with Crippen molar-refractivity contribution in [3.05, 3.63) is 77.5 Å². The zero-order chi connectivity index (χ0) is 24.1. The molecular formula is C29H37N3O2. The third-order valence-corrected chi connectivity index (χ3v) is 6.96. The molecule has 1 aliphatic heterocycles. The Kier molecular flexibility index (Phi) is 7.52. The minimum Gasteiger partial charge on any atom is -0.356 e. The Morgan fingerprint density at radius 1 is 1.09 bits per heavy atom. The Morgan fingerprint density at radius 2 is 1.82 bits per heavy atom. The predicted molar refractivity (Wildman–Crippen MR) is 136 cm³/mol. The van der Waals surface area contributed by atoms with Crippen LogP contribution in [-0.2, 0) is 23.2 Å². The average molecular weight is 460 g/mol. The number of aromatic nitrogens is 1. The molecule has 0 spiro atoms. The molecular weight excluding hydrogens is 422 g/mol. The second-order valence-corrected chi connectivity index (χ2v) is 10.7. The van der Waals surface area contributed by atoms with Crippen LogP contribution in [0, 0.1) is 11.8 Å². The van der Waals surface area contributed by atoms with Gasteiger partial charge in [-0.15, -0.1) is 0 Å². The van der Waals surface area contributed by atoms with Crippen LogP contribution in [0.2, 0.25) is 0 Å². The van der Waals surface area contributed by atoms with Crippen LogP contribution in [0.4, 0.5) is 0 Å². The quantitative estimate of drug-likeness (QED) is 0.510. The molecule has 0 aliphatic carbocycles. The molecule has 1 saturated heterocycles. The number of benzene rings is 2. The molecule has 5 nitrogen and oxygen atoms in total. The van der Waals surface area contributed by atoms with Gasteiger partial charge in [-0.25, -0.2) is 0 Å². The van der Waals surface area contributed by atoms with E-state index in [0.717, 1.165) is 48.5 Å². The second kappa shape index (κ2) is 10.6. The van der Waals surface area contributed by atoms with Crippen molar-refractivity contribution in [3.8, 4) is 11.3 Å². The molecule has 2 aromatic carbocycles. The number of nitrogens with one attached hydrogen (secondary N) is 1. The predicted octanol–water partition coefficient (Wildman–Crippen LogP) is 5.46. The highest BCUT2D eigenvalue weighted by Gasteiger charge is 2.29. The van der Waals surface area contributed by atoms with Crippen molar-refractivity contribution in [1.29, 1.82) is 0 Å². The number of nitrogens with zero attached hydrogens (tertiary/aromatic N) is 2. The molecule has 1 fully saturated rings.